The fourth-order valence-corrected chi connectivity index (χ4v) is 1.62. The molecule has 0 saturated heterocycles. The molecule has 21 heavy (non-hydrogen) atoms. The topological polar surface area (TPSA) is 111 Å². The van der Waals surface area contributed by atoms with Crippen LogP contribution in [0.25, 0.3) is 11.7 Å². The van der Waals surface area contributed by atoms with Crippen molar-refractivity contribution in [2.24, 2.45) is 0 Å². The Kier molecular flexibility index (Phi) is 3.34. The Balaban J connectivity index is 1.73. The predicted octanol–water partition coefficient (Wildman–Crippen LogP) is 2.00. The molecule has 0 aromatic carbocycles. The molecule has 0 bridgehead atoms. The van der Waals surface area contributed by atoms with E-state index in [0.717, 1.165) is 0 Å². The zero-order valence-corrected chi connectivity index (χ0v) is 10.6. The molecule has 0 atom stereocenters. The molecule has 0 aliphatic heterocycles. The van der Waals surface area contributed by atoms with E-state index in [4.69, 9.17) is 18.8 Å². The van der Waals surface area contributed by atoms with Gasteiger partial charge in [0.1, 0.15) is 0 Å². The first-order chi connectivity index (χ1) is 10.2. The summed E-state index contributed by atoms with van der Waals surface area (Å²) < 4.78 is 15.5. The van der Waals surface area contributed by atoms with Gasteiger partial charge >= 0.3 is 5.97 Å². The number of ether oxygens (including phenoxy) is 1. The molecule has 0 saturated carbocycles. The average molecular weight is 287 g/mol. The monoisotopic (exact) mass is 287 g/mol. The Morgan fingerprint density at radius 1 is 1.33 bits per heavy atom. The lowest BCUT2D eigenvalue weighted by atomic mass is 10.3. The first-order valence-corrected chi connectivity index (χ1v) is 5.91. The van der Waals surface area contributed by atoms with Gasteiger partial charge < -0.3 is 18.8 Å². The number of rotatable bonds is 5. The summed E-state index contributed by atoms with van der Waals surface area (Å²) in [7, 11) is 0. The van der Waals surface area contributed by atoms with Crippen LogP contribution in [0.1, 0.15) is 16.3 Å². The van der Waals surface area contributed by atoms with Crippen molar-refractivity contribution in [2.75, 3.05) is 0 Å². The average Bonchev–Trinajstić information content (AvgIpc) is 3.16. The highest BCUT2D eigenvalue weighted by molar-refractivity contribution is 5.88. The number of nitrogens with zero attached hydrogens (tertiary/aromatic N) is 3. The fourth-order valence-electron chi connectivity index (χ4n) is 1.62. The van der Waals surface area contributed by atoms with Gasteiger partial charge in [-0.15, -0.1) is 0 Å². The molecule has 3 heterocycles. The summed E-state index contributed by atoms with van der Waals surface area (Å²) in [5.41, 5.74) is -0.174. The van der Waals surface area contributed by atoms with E-state index in [1.807, 2.05) is 0 Å². The summed E-state index contributed by atoms with van der Waals surface area (Å²) in [5.74, 6) is -0.101. The van der Waals surface area contributed by atoms with Gasteiger partial charge in [-0.1, -0.05) is 5.16 Å². The lowest BCUT2D eigenvalue weighted by Crippen LogP contribution is -2.06. The summed E-state index contributed by atoms with van der Waals surface area (Å²) in [6.45, 7) is -0.0455. The first kappa shape index (κ1) is 12.9. The van der Waals surface area contributed by atoms with Crippen LogP contribution in [0, 0.1) is 0 Å². The molecule has 0 aliphatic carbocycles. The predicted molar refractivity (Wildman–Crippen MR) is 67.5 cm³/mol. The zero-order valence-electron chi connectivity index (χ0n) is 10.6. The van der Waals surface area contributed by atoms with Crippen molar-refractivity contribution in [3.05, 3.63) is 48.2 Å². The lowest BCUT2D eigenvalue weighted by Gasteiger charge is -2.05. The van der Waals surface area contributed by atoms with Gasteiger partial charge in [0.25, 0.3) is 5.89 Å². The second kappa shape index (κ2) is 5.45. The number of aromatic carboxylic acids is 1. The maximum absolute atomic E-state index is 11.0. The highest BCUT2D eigenvalue weighted by Gasteiger charge is 2.15. The fraction of sp³-hybridized carbons (Fsp3) is 0.0769. The van der Waals surface area contributed by atoms with Crippen LogP contribution >= 0.6 is 0 Å². The normalized spacial score (nSPS) is 10.5. The van der Waals surface area contributed by atoms with E-state index in [1.165, 1.54) is 18.5 Å². The van der Waals surface area contributed by atoms with Crippen LogP contribution in [0.3, 0.4) is 0 Å². The second-order valence-electron chi connectivity index (χ2n) is 3.94. The van der Waals surface area contributed by atoms with E-state index in [9.17, 15) is 4.79 Å². The standard InChI is InChI=1S/C13H9N3O5/c17-13(18)11-8(3-1-5-14-11)20-7-10-15-12(21-16-10)9-4-2-6-19-9/h1-6H,7H2,(H,17,18). The molecule has 8 nitrogen and oxygen atoms in total. The maximum atomic E-state index is 11.0. The smallest absolute Gasteiger partial charge is 0.358 e. The summed E-state index contributed by atoms with van der Waals surface area (Å²) in [6, 6.07) is 6.46. The van der Waals surface area contributed by atoms with Crippen molar-refractivity contribution in [3.8, 4) is 17.4 Å². The van der Waals surface area contributed by atoms with E-state index >= 15 is 0 Å². The third-order valence-corrected chi connectivity index (χ3v) is 2.53. The number of carboxylic acids is 1. The molecule has 0 aliphatic rings. The van der Waals surface area contributed by atoms with Gasteiger partial charge in [-0.2, -0.15) is 4.98 Å². The Morgan fingerprint density at radius 3 is 3.00 bits per heavy atom. The number of pyridine rings is 1. The number of furan rings is 1. The van der Waals surface area contributed by atoms with E-state index in [0.29, 0.717) is 5.76 Å². The molecule has 8 heteroatoms. The molecule has 3 rings (SSSR count). The van der Waals surface area contributed by atoms with Crippen LogP contribution in [0.5, 0.6) is 5.75 Å². The van der Waals surface area contributed by atoms with Gasteiger partial charge in [-0.3, -0.25) is 0 Å². The summed E-state index contributed by atoms with van der Waals surface area (Å²) >= 11 is 0. The molecule has 0 unspecified atom stereocenters. The molecule has 3 aromatic heterocycles. The number of hydrogen-bond acceptors (Lipinski definition) is 7. The van der Waals surface area contributed by atoms with Crippen molar-refractivity contribution in [1.82, 2.24) is 15.1 Å². The van der Waals surface area contributed by atoms with Gasteiger partial charge in [0, 0.05) is 6.20 Å². The minimum absolute atomic E-state index is 0.0455. The summed E-state index contributed by atoms with van der Waals surface area (Å²) in [6.07, 6.45) is 2.87. The van der Waals surface area contributed by atoms with Crippen molar-refractivity contribution in [1.29, 1.82) is 0 Å². The molecular weight excluding hydrogens is 278 g/mol. The van der Waals surface area contributed by atoms with Crippen molar-refractivity contribution in [3.63, 3.8) is 0 Å². The van der Waals surface area contributed by atoms with Crippen molar-refractivity contribution >= 4 is 5.97 Å². The molecule has 3 aromatic rings. The highest BCUT2D eigenvalue weighted by atomic mass is 16.5. The number of hydrogen-bond donors (Lipinski definition) is 1. The van der Waals surface area contributed by atoms with Crippen LogP contribution in [-0.4, -0.2) is 26.2 Å². The van der Waals surface area contributed by atoms with Gasteiger partial charge in [0.2, 0.25) is 5.82 Å². The van der Waals surface area contributed by atoms with Gasteiger partial charge in [0.05, 0.1) is 6.26 Å². The van der Waals surface area contributed by atoms with Gasteiger partial charge in [-0.05, 0) is 24.3 Å². The molecule has 0 amide bonds. The Labute approximate surface area is 118 Å². The second-order valence-corrected chi connectivity index (χ2v) is 3.94. The van der Waals surface area contributed by atoms with Crippen molar-refractivity contribution in [2.45, 2.75) is 6.61 Å². The zero-order chi connectivity index (χ0) is 14.7. The van der Waals surface area contributed by atoms with Crippen LogP contribution < -0.4 is 4.74 Å². The SMILES string of the molecule is O=C(O)c1ncccc1OCc1noc(-c2ccco2)n1. The molecule has 106 valence electrons. The van der Waals surface area contributed by atoms with Crippen LogP contribution in [0.15, 0.2) is 45.7 Å². The number of aromatic nitrogens is 3. The maximum Gasteiger partial charge on any atom is 0.358 e. The van der Waals surface area contributed by atoms with Gasteiger partial charge in [0.15, 0.2) is 23.8 Å². The van der Waals surface area contributed by atoms with E-state index in [2.05, 4.69) is 15.1 Å². The quantitative estimate of drug-likeness (QED) is 0.758. The third kappa shape index (κ3) is 2.73. The molecular formula is C13H9N3O5. The lowest BCUT2D eigenvalue weighted by molar-refractivity contribution is 0.0684. The Bertz CT molecular complexity index is 751. The molecule has 1 N–H and O–H groups in total. The number of carboxylic acid groups (broad SMARTS) is 1. The largest absolute Gasteiger partial charge is 0.483 e. The third-order valence-electron chi connectivity index (χ3n) is 2.53. The van der Waals surface area contributed by atoms with Crippen molar-refractivity contribution < 1.29 is 23.6 Å². The number of carbonyl (C=O) groups is 1. The van der Waals surface area contributed by atoms with E-state index in [1.54, 1.807) is 18.2 Å². The van der Waals surface area contributed by atoms with Crippen LogP contribution in [-0.2, 0) is 6.61 Å². The Morgan fingerprint density at radius 2 is 2.24 bits per heavy atom. The molecule has 0 fully saturated rings. The van der Waals surface area contributed by atoms with Crippen LogP contribution in [0.4, 0.5) is 0 Å². The molecule has 0 radical (unpaired) electrons. The minimum Gasteiger partial charge on any atom is -0.483 e. The summed E-state index contributed by atoms with van der Waals surface area (Å²) in [4.78, 5) is 18.8. The van der Waals surface area contributed by atoms with E-state index in [-0.39, 0.29) is 29.8 Å². The minimum atomic E-state index is -1.17. The summed E-state index contributed by atoms with van der Waals surface area (Å²) in [5, 5.41) is 12.7. The molecule has 0 spiro atoms. The van der Waals surface area contributed by atoms with E-state index < -0.39 is 5.97 Å². The Hall–Kier alpha value is -3.16. The first-order valence-electron chi connectivity index (χ1n) is 5.91. The van der Waals surface area contributed by atoms with Gasteiger partial charge in [-0.25, -0.2) is 9.78 Å². The van der Waals surface area contributed by atoms with Crippen LogP contribution in [0.2, 0.25) is 0 Å². The highest BCUT2D eigenvalue weighted by Crippen LogP contribution is 2.19.